The van der Waals surface area contributed by atoms with Crippen molar-refractivity contribution >= 4 is 28.3 Å². The van der Waals surface area contributed by atoms with Gasteiger partial charge in [0.2, 0.25) is 5.91 Å². The molecular weight excluding hydrogens is 417 g/mol. The number of nitrogens with zero attached hydrogens (tertiary/aromatic N) is 3. The summed E-state index contributed by atoms with van der Waals surface area (Å²) in [7, 11) is 0. The van der Waals surface area contributed by atoms with Crippen LogP contribution in [-0.4, -0.2) is 60.9 Å². The number of carbonyl (C=O) groups is 2. The van der Waals surface area contributed by atoms with Crippen LogP contribution in [0.25, 0.3) is 10.8 Å². The third-order valence-corrected chi connectivity index (χ3v) is 6.86. The first-order valence-electron chi connectivity index (χ1n) is 11.7. The van der Waals surface area contributed by atoms with E-state index >= 15 is 0 Å². The Labute approximate surface area is 193 Å². The van der Waals surface area contributed by atoms with Crippen molar-refractivity contribution in [3.05, 3.63) is 78.1 Å². The number of hydrogen-bond donors (Lipinski definition) is 0. The fourth-order valence-corrected chi connectivity index (χ4v) is 5.08. The molecule has 33 heavy (non-hydrogen) atoms. The minimum Gasteiger partial charge on any atom is -0.366 e. The molecule has 3 aromatic rings. The second-order valence-electron chi connectivity index (χ2n) is 8.88. The fraction of sp³-hybridized carbons (Fsp3) is 0.333. The Balaban J connectivity index is 1.24. The zero-order valence-corrected chi connectivity index (χ0v) is 18.6. The van der Waals surface area contributed by atoms with Gasteiger partial charge < -0.3 is 14.7 Å². The number of fused-ring (bicyclic) bond motifs is 1. The largest absolute Gasteiger partial charge is 0.366 e. The number of amides is 2. The van der Waals surface area contributed by atoms with Gasteiger partial charge in [0.05, 0.1) is 11.6 Å². The van der Waals surface area contributed by atoms with Gasteiger partial charge in [0, 0.05) is 44.8 Å². The number of para-hydroxylation sites is 1. The molecule has 0 aromatic heterocycles. The molecule has 0 N–H and O–H groups in total. The molecule has 0 saturated carbocycles. The van der Waals surface area contributed by atoms with Crippen molar-refractivity contribution in [2.75, 3.05) is 44.2 Å². The second-order valence-corrected chi connectivity index (χ2v) is 8.88. The van der Waals surface area contributed by atoms with E-state index in [1.54, 1.807) is 12.1 Å². The highest BCUT2D eigenvalue weighted by Gasteiger charge is 2.33. The van der Waals surface area contributed by atoms with E-state index in [0.29, 0.717) is 50.5 Å². The highest BCUT2D eigenvalue weighted by atomic mass is 19.1. The van der Waals surface area contributed by atoms with Crippen LogP contribution in [0.4, 0.5) is 10.1 Å². The van der Waals surface area contributed by atoms with E-state index in [-0.39, 0.29) is 23.5 Å². The number of halogens is 1. The predicted molar refractivity (Wildman–Crippen MR) is 128 cm³/mol. The van der Waals surface area contributed by atoms with Crippen molar-refractivity contribution in [3.8, 4) is 0 Å². The van der Waals surface area contributed by atoms with Crippen LogP contribution in [-0.2, 0) is 4.79 Å². The molecule has 0 aliphatic carbocycles. The lowest BCUT2D eigenvalue weighted by Crippen LogP contribution is -2.53. The Hall–Kier alpha value is -3.41. The summed E-state index contributed by atoms with van der Waals surface area (Å²) in [4.78, 5) is 32.3. The Bertz CT molecular complexity index is 1170. The molecule has 2 aliphatic heterocycles. The minimum absolute atomic E-state index is 0.00586. The number of piperazine rings is 1. The number of rotatable bonds is 3. The van der Waals surface area contributed by atoms with Crippen molar-refractivity contribution in [1.82, 2.24) is 9.80 Å². The number of likely N-dealkylation sites (tertiary alicyclic amines) is 1. The maximum Gasteiger partial charge on any atom is 0.254 e. The summed E-state index contributed by atoms with van der Waals surface area (Å²) in [6, 6.07) is 20.5. The van der Waals surface area contributed by atoms with Gasteiger partial charge in [0.15, 0.2) is 0 Å². The summed E-state index contributed by atoms with van der Waals surface area (Å²) < 4.78 is 14.1. The van der Waals surface area contributed by atoms with Gasteiger partial charge >= 0.3 is 0 Å². The summed E-state index contributed by atoms with van der Waals surface area (Å²) in [5.41, 5.74) is 1.29. The molecule has 0 bridgehead atoms. The molecule has 170 valence electrons. The smallest absolute Gasteiger partial charge is 0.254 e. The molecule has 0 spiro atoms. The lowest BCUT2D eigenvalue weighted by molar-refractivity contribution is -0.137. The van der Waals surface area contributed by atoms with E-state index in [1.165, 1.54) is 6.07 Å². The summed E-state index contributed by atoms with van der Waals surface area (Å²) >= 11 is 0. The number of anilines is 1. The topological polar surface area (TPSA) is 43.9 Å². The van der Waals surface area contributed by atoms with Gasteiger partial charge in [-0.05, 0) is 41.8 Å². The summed E-state index contributed by atoms with van der Waals surface area (Å²) in [5.74, 6) is -0.308. The average molecular weight is 446 g/mol. The van der Waals surface area contributed by atoms with Crippen LogP contribution in [0.2, 0.25) is 0 Å². The second kappa shape index (κ2) is 9.22. The van der Waals surface area contributed by atoms with Crippen molar-refractivity contribution in [3.63, 3.8) is 0 Å². The van der Waals surface area contributed by atoms with Crippen LogP contribution in [0.5, 0.6) is 0 Å². The number of carbonyl (C=O) groups excluding carboxylic acids is 2. The van der Waals surface area contributed by atoms with E-state index in [0.717, 1.165) is 23.6 Å². The lowest BCUT2D eigenvalue weighted by atomic mass is 9.95. The first-order valence-corrected chi connectivity index (χ1v) is 11.7. The van der Waals surface area contributed by atoms with Crippen LogP contribution in [0.15, 0.2) is 66.7 Å². The van der Waals surface area contributed by atoms with Crippen molar-refractivity contribution in [2.45, 2.75) is 12.8 Å². The summed E-state index contributed by atoms with van der Waals surface area (Å²) in [5, 5.41) is 1.99. The van der Waals surface area contributed by atoms with Gasteiger partial charge in [-0.1, -0.05) is 48.5 Å². The third-order valence-electron chi connectivity index (χ3n) is 6.86. The number of piperidine rings is 1. The van der Waals surface area contributed by atoms with E-state index in [9.17, 15) is 14.0 Å². The van der Waals surface area contributed by atoms with E-state index < -0.39 is 0 Å². The van der Waals surface area contributed by atoms with Gasteiger partial charge in [-0.15, -0.1) is 0 Å². The molecule has 2 aliphatic rings. The van der Waals surface area contributed by atoms with Gasteiger partial charge in [0.1, 0.15) is 5.82 Å². The molecule has 5 nitrogen and oxygen atoms in total. The first-order chi connectivity index (χ1) is 16.1. The number of benzene rings is 3. The van der Waals surface area contributed by atoms with Gasteiger partial charge in [-0.2, -0.15) is 0 Å². The average Bonchev–Trinajstić information content (AvgIpc) is 2.88. The minimum atomic E-state index is -0.229. The van der Waals surface area contributed by atoms with Gasteiger partial charge in [-0.3, -0.25) is 9.59 Å². The van der Waals surface area contributed by atoms with Gasteiger partial charge in [-0.25, -0.2) is 4.39 Å². The van der Waals surface area contributed by atoms with Crippen LogP contribution in [0, 0.1) is 11.7 Å². The van der Waals surface area contributed by atoms with Crippen molar-refractivity contribution in [1.29, 1.82) is 0 Å². The fourth-order valence-electron chi connectivity index (χ4n) is 5.08. The molecular formula is C27H28FN3O2. The third kappa shape index (κ3) is 4.30. The Kier molecular flexibility index (Phi) is 5.99. The Morgan fingerprint density at radius 3 is 2.33 bits per heavy atom. The summed E-state index contributed by atoms with van der Waals surface area (Å²) in [6.07, 6.45) is 1.62. The molecule has 1 atom stereocenters. The molecule has 2 fully saturated rings. The maximum absolute atomic E-state index is 14.1. The van der Waals surface area contributed by atoms with Crippen LogP contribution >= 0.6 is 0 Å². The standard InChI is InChI=1S/C27H28FN3O2/c28-24-12-3-4-13-25(24)29-15-17-30(18-16-29)26(32)21-9-6-14-31(19-21)27(33)23-11-5-8-20-7-1-2-10-22(20)23/h1-5,7-8,10-13,21H,6,9,14-19H2/t21-/m0/s1. The normalized spacial score (nSPS) is 19.1. The number of hydrogen-bond acceptors (Lipinski definition) is 3. The van der Waals surface area contributed by atoms with Crippen molar-refractivity contribution in [2.24, 2.45) is 5.92 Å². The quantitative estimate of drug-likeness (QED) is 0.608. The molecule has 0 unspecified atom stereocenters. The first kappa shape index (κ1) is 21.4. The molecule has 6 heteroatoms. The highest BCUT2D eigenvalue weighted by molar-refractivity contribution is 6.07. The molecule has 2 heterocycles. The van der Waals surface area contributed by atoms with Crippen molar-refractivity contribution < 1.29 is 14.0 Å². The van der Waals surface area contributed by atoms with E-state index in [1.807, 2.05) is 63.2 Å². The lowest BCUT2D eigenvalue weighted by Gasteiger charge is -2.39. The summed E-state index contributed by atoms with van der Waals surface area (Å²) in [6.45, 7) is 3.49. The van der Waals surface area contributed by atoms with Crippen LogP contribution in [0.1, 0.15) is 23.2 Å². The monoisotopic (exact) mass is 445 g/mol. The molecule has 5 rings (SSSR count). The van der Waals surface area contributed by atoms with E-state index in [4.69, 9.17) is 0 Å². The maximum atomic E-state index is 14.1. The SMILES string of the molecule is O=C(c1cccc2ccccc12)N1CCC[C@H](C(=O)N2CCN(c3ccccc3F)CC2)C1. The molecule has 3 aromatic carbocycles. The zero-order chi connectivity index (χ0) is 22.8. The van der Waals surface area contributed by atoms with Crippen LogP contribution < -0.4 is 4.90 Å². The van der Waals surface area contributed by atoms with Crippen LogP contribution in [0.3, 0.4) is 0 Å². The molecule has 2 saturated heterocycles. The Morgan fingerprint density at radius 1 is 0.788 bits per heavy atom. The molecule has 2 amide bonds. The zero-order valence-electron chi connectivity index (χ0n) is 18.6. The molecule has 0 radical (unpaired) electrons. The highest BCUT2D eigenvalue weighted by Crippen LogP contribution is 2.26. The van der Waals surface area contributed by atoms with E-state index in [2.05, 4.69) is 0 Å². The predicted octanol–water partition coefficient (Wildman–Crippen LogP) is 4.18. The van der Waals surface area contributed by atoms with Gasteiger partial charge in [0.25, 0.3) is 5.91 Å². The Morgan fingerprint density at radius 2 is 1.52 bits per heavy atom.